The fourth-order valence-corrected chi connectivity index (χ4v) is 3.29. The van der Waals surface area contributed by atoms with Crippen molar-refractivity contribution in [3.05, 3.63) is 29.8 Å². The number of benzene rings is 1. The highest BCUT2D eigenvalue weighted by Gasteiger charge is 2.16. The average Bonchev–Trinajstić information content (AvgIpc) is 3.04. The van der Waals surface area contributed by atoms with Crippen molar-refractivity contribution in [2.45, 2.75) is 18.1 Å². The Morgan fingerprint density at radius 3 is 3.05 bits per heavy atom. The van der Waals surface area contributed by atoms with Crippen LogP contribution in [0.3, 0.4) is 0 Å². The molecule has 0 saturated carbocycles. The third kappa shape index (κ3) is 4.56. The van der Waals surface area contributed by atoms with Gasteiger partial charge in [0, 0.05) is 11.8 Å². The van der Waals surface area contributed by atoms with Crippen LogP contribution in [-0.2, 0) is 4.79 Å². The van der Waals surface area contributed by atoms with Crippen molar-refractivity contribution in [3.63, 3.8) is 0 Å². The molecule has 0 spiro atoms. The Labute approximate surface area is 127 Å². The van der Waals surface area contributed by atoms with Gasteiger partial charge in [-0.1, -0.05) is 17.3 Å². The van der Waals surface area contributed by atoms with E-state index >= 15 is 0 Å². The second-order valence-corrected chi connectivity index (χ2v) is 6.12. The normalized spacial score (nSPS) is 18.5. The van der Waals surface area contributed by atoms with E-state index in [-0.39, 0.29) is 18.3 Å². The molecule has 21 heavy (non-hydrogen) atoms. The van der Waals surface area contributed by atoms with E-state index in [2.05, 4.69) is 10.5 Å². The molecule has 1 heterocycles. The SMILES string of the molecule is N/C(=N/O)c1ccccc1OCC(=O)NCC1CCCS1. The summed E-state index contributed by atoms with van der Waals surface area (Å²) >= 11 is 1.89. The number of para-hydroxylation sites is 1. The highest BCUT2D eigenvalue weighted by atomic mass is 32.2. The highest BCUT2D eigenvalue weighted by Crippen LogP contribution is 2.25. The lowest BCUT2D eigenvalue weighted by Gasteiger charge is -2.12. The minimum Gasteiger partial charge on any atom is -0.483 e. The van der Waals surface area contributed by atoms with E-state index in [1.807, 2.05) is 11.8 Å². The van der Waals surface area contributed by atoms with Gasteiger partial charge < -0.3 is 21.0 Å². The molecular weight excluding hydrogens is 290 g/mol. The monoisotopic (exact) mass is 309 g/mol. The van der Waals surface area contributed by atoms with Gasteiger partial charge in [-0.3, -0.25) is 4.79 Å². The van der Waals surface area contributed by atoms with Crippen LogP contribution in [0, 0.1) is 0 Å². The van der Waals surface area contributed by atoms with Crippen LogP contribution in [0.4, 0.5) is 0 Å². The number of nitrogens with two attached hydrogens (primary N) is 1. The number of nitrogens with one attached hydrogen (secondary N) is 1. The Morgan fingerprint density at radius 1 is 1.52 bits per heavy atom. The van der Waals surface area contributed by atoms with E-state index in [1.165, 1.54) is 12.2 Å². The van der Waals surface area contributed by atoms with Gasteiger partial charge in [0.2, 0.25) is 0 Å². The van der Waals surface area contributed by atoms with Gasteiger partial charge in [0.1, 0.15) is 5.75 Å². The number of carbonyl (C=O) groups is 1. The zero-order chi connectivity index (χ0) is 15.1. The first-order chi connectivity index (χ1) is 10.2. The van der Waals surface area contributed by atoms with Gasteiger partial charge >= 0.3 is 0 Å². The summed E-state index contributed by atoms with van der Waals surface area (Å²) in [5.74, 6) is 1.37. The summed E-state index contributed by atoms with van der Waals surface area (Å²) in [5, 5.41) is 15.0. The van der Waals surface area contributed by atoms with Gasteiger partial charge in [-0.15, -0.1) is 0 Å². The Morgan fingerprint density at radius 2 is 2.33 bits per heavy atom. The van der Waals surface area contributed by atoms with Crippen LogP contribution < -0.4 is 15.8 Å². The average molecular weight is 309 g/mol. The summed E-state index contributed by atoms with van der Waals surface area (Å²) in [6, 6.07) is 6.85. The highest BCUT2D eigenvalue weighted by molar-refractivity contribution is 8.00. The van der Waals surface area contributed by atoms with E-state index in [1.54, 1.807) is 24.3 Å². The van der Waals surface area contributed by atoms with Crippen molar-refractivity contribution < 1.29 is 14.7 Å². The maximum atomic E-state index is 11.8. The molecular formula is C14H19N3O3S. The van der Waals surface area contributed by atoms with Gasteiger partial charge in [0.15, 0.2) is 12.4 Å². The summed E-state index contributed by atoms with van der Waals surface area (Å²) < 4.78 is 5.45. The van der Waals surface area contributed by atoms with Gasteiger partial charge in [-0.05, 0) is 30.7 Å². The molecule has 1 aromatic carbocycles. The maximum absolute atomic E-state index is 11.8. The first-order valence-corrected chi connectivity index (χ1v) is 7.83. The van der Waals surface area contributed by atoms with Crippen molar-refractivity contribution in [1.82, 2.24) is 5.32 Å². The standard InChI is InChI=1S/C14H19N3O3S/c15-14(17-19)11-5-1-2-6-12(11)20-9-13(18)16-8-10-4-3-7-21-10/h1-2,5-6,10,19H,3-4,7-9H2,(H2,15,17)(H,16,18). The molecule has 1 amide bonds. The quantitative estimate of drug-likeness (QED) is 0.317. The van der Waals surface area contributed by atoms with E-state index < -0.39 is 0 Å². The first-order valence-electron chi connectivity index (χ1n) is 6.78. The van der Waals surface area contributed by atoms with E-state index in [0.29, 0.717) is 23.1 Å². The molecule has 1 aliphatic rings. The lowest BCUT2D eigenvalue weighted by atomic mass is 10.2. The molecule has 7 heteroatoms. The summed E-state index contributed by atoms with van der Waals surface area (Å²) in [4.78, 5) is 11.8. The molecule has 1 unspecified atom stereocenters. The van der Waals surface area contributed by atoms with Crippen LogP contribution in [0.2, 0.25) is 0 Å². The molecule has 6 nitrogen and oxygen atoms in total. The van der Waals surface area contributed by atoms with Crippen molar-refractivity contribution in [2.24, 2.45) is 10.9 Å². The summed E-state index contributed by atoms with van der Waals surface area (Å²) in [7, 11) is 0. The first kappa shape index (κ1) is 15.5. The van der Waals surface area contributed by atoms with Gasteiger partial charge in [-0.2, -0.15) is 11.8 Å². The topological polar surface area (TPSA) is 96.9 Å². The molecule has 0 bridgehead atoms. The van der Waals surface area contributed by atoms with Crippen LogP contribution in [0.5, 0.6) is 5.75 Å². The lowest BCUT2D eigenvalue weighted by molar-refractivity contribution is -0.123. The maximum Gasteiger partial charge on any atom is 0.257 e. The van der Waals surface area contributed by atoms with Crippen LogP contribution >= 0.6 is 11.8 Å². The predicted octanol–water partition coefficient (Wildman–Crippen LogP) is 1.17. The molecule has 1 fully saturated rings. The van der Waals surface area contributed by atoms with Crippen LogP contribution in [0.1, 0.15) is 18.4 Å². The largest absolute Gasteiger partial charge is 0.483 e. The number of hydrogen-bond donors (Lipinski definition) is 3. The third-order valence-electron chi connectivity index (χ3n) is 3.18. The zero-order valence-corrected chi connectivity index (χ0v) is 12.4. The molecule has 0 aliphatic carbocycles. The van der Waals surface area contributed by atoms with Crippen molar-refractivity contribution in [1.29, 1.82) is 0 Å². The predicted molar refractivity (Wildman–Crippen MR) is 82.9 cm³/mol. The number of carbonyl (C=O) groups excluding carboxylic acids is 1. The Hall–Kier alpha value is -1.89. The van der Waals surface area contributed by atoms with Crippen LogP contribution in [0.25, 0.3) is 0 Å². The molecule has 1 aromatic rings. The number of thioether (sulfide) groups is 1. The molecule has 1 atom stereocenters. The smallest absolute Gasteiger partial charge is 0.257 e. The molecule has 1 aliphatic heterocycles. The number of hydrogen-bond acceptors (Lipinski definition) is 5. The minimum absolute atomic E-state index is 0.0478. The Balaban J connectivity index is 1.83. The fraction of sp³-hybridized carbons (Fsp3) is 0.429. The van der Waals surface area contributed by atoms with Crippen molar-refractivity contribution >= 4 is 23.5 Å². The number of oxime groups is 1. The minimum atomic E-state index is -0.170. The molecule has 0 aromatic heterocycles. The van der Waals surface area contributed by atoms with Crippen LogP contribution in [0.15, 0.2) is 29.4 Å². The number of rotatable bonds is 6. The lowest BCUT2D eigenvalue weighted by Crippen LogP contribution is -2.33. The van der Waals surface area contributed by atoms with Gasteiger partial charge in [-0.25, -0.2) is 0 Å². The second kappa shape index (κ2) is 7.78. The van der Waals surface area contributed by atoms with Crippen molar-refractivity contribution in [2.75, 3.05) is 18.9 Å². The third-order valence-corrected chi connectivity index (χ3v) is 4.58. The second-order valence-electron chi connectivity index (χ2n) is 4.71. The fourth-order valence-electron chi connectivity index (χ4n) is 2.09. The van der Waals surface area contributed by atoms with Crippen molar-refractivity contribution in [3.8, 4) is 5.75 Å². The van der Waals surface area contributed by atoms with E-state index in [0.717, 1.165) is 6.42 Å². The number of ether oxygens (including phenoxy) is 1. The summed E-state index contributed by atoms with van der Waals surface area (Å²) in [6.45, 7) is 0.585. The Bertz CT molecular complexity index is 516. The van der Waals surface area contributed by atoms with E-state index in [4.69, 9.17) is 15.7 Å². The number of amides is 1. The number of nitrogens with zero attached hydrogens (tertiary/aromatic N) is 1. The number of amidine groups is 1. The van der Waals surface area contributed by atoms with E-state index in [9.17, 15) is 4.79 Å². The Kier molecular flexibility index (Phi) is 5.74. The summed E-state index contributed by atoms with van der Waals surface area (Å²) in [5.41, 5.74) is 6.02. The molecule has 114 valence electrons. The molecule has 1 saturated heterocycles. The van der Waals surface area contributed by atoms with Gasteiger partial charge in [0.25, 0.3) is 5.91 Å². The summed E-state index contributed by atoms with van der Waals surface area (Å²) in [6.07, 6.45) is 2.37. The molecule has 4 N–H and O–H groups in total. The van der Waals surface area contributed by atoms with Gasteiger partial charge in [0.05, 0.1) is 5.56 Å². The van der Waals surface area contributed by atoms with Crippen LogP contribution in [-0.4, -0.2) is 41.1 Å². The molecule has 2 rings (SSSR count). The zero-order valence-electron chi connectivity index (χ0n) is 11.6. The molecule has 0 radical (unpaired) electrons.